The zero-order valence-corrected chi connectivity index (χ0v) is 19.4. The number of carbonyl (C=O) groups excluding carboxylic acids is 1. The summed E-state index contributed by atoms with van der Waals surface area (Å²) in [6, 6.07) is 16.5. The Morgan fingerprint density at radius 2 is 1.68 bits per heavy atom. The summed E-state index contributed by atoms with van der Waals surface area (Å²) in [6.45, 7) is 6.89. The van der Waals surface area contributed by atoms with Gasteiger partial charge in [0.05, 0.1) is 0 Å². The number of rotatable bonds is 6. The van der Waals surface area contributed by atoms with Gasteiger partial charge < -0.3 is 15.5 Å². The molecule has 2 saturated heterocycles. The highest BCUT2D eigenvalue weighted by atomic mass is 35.5. The van der Waals surface area contributed by atoms with Crippen LogP contribution in [0.25, 0.3) is 0 Å². The second kappa shape index (κ2) is 12.2. The first-order valence-electron chi connectivity index (χ1n) is 10.7. The number of hydrogen-bond donors (Lipinski definition) is 1. The maximum atomic E-state index is 12.9. The molecule has 2 aliphatic rings. The van der Waals surface area contributed by atoms with E-state index in [0.29, 0.717) is 24.8 Å². The van der Waals surface area contributed by atoms with Gasteiger partial charge in [-0.05, 0) is 30.2 Å². The number of nitrogens with two attached hydrogens (primary N) is 1. The third-order valence-corrected chi connectivity index (χ3v) is 6.31. The topological polar surface area (TPSA) is 65.7 Å². The third kappa shape index (κ3) is 6.32. The van der Waals surface area contributed by atoms with Crippen LogP contribution in [-0.4, -0.2) is 73.0 Å². The monoisotopic (exact) mass is 465 g/mol. The predicted molar refractivity (Wildman–Crippen MR) is 130 cm³/mol. The van der Waals surface area contributed by atoms with Crippen molar-refractivity contribution >= 4 is 36.5 Å². The van der Waals surface area contributed by atoms with Crippen molar-refractivity contribution in [1.82, 2.24) is 14.8 Å². The van der Waals surface area contributed by atoms with E-state index >= 15 is 0 Å². The molecule has 2 aromatic rings. The van der Waals surface area contributed by atoms with E-state index in [1.807, 2.05) is 29.3 Å². The van der Waals surface area contributed by atoms with Gasteiger partial charge in [0.2, 0.25) is 5.91 Å². The number of anilines is 1. The molecule has 8 heteroatoms. The van der Waals surface area contributed by atoms with Crippen molar-refractivity contribution < 1.29 is 4.79 Å². The van der Waals surface area contributed by atoms with E-state index in [1.165, 1.54) is 5.56 Å². The van der Waals surface area contributed by atoms with Crippen LogP contribution in [-0.2, 0) is 4.79 Å². The van der Waals surface area contributed by atoms with Crippen LogP contribution in [0.2, 0.25) is 0 Å². The number of pyridine rings is 1. The Bertz CT molecular complexity index is 787. The molecular formula is C23H33Cl2N5O. The molecule has 0 radical (unpaired) electrons. The van der Waals surface area contributed by atoms with Crippen molar-refractivity contribution in [2.45, 2.75) is 12.3 Å². The quantitative estimate of drug-likeness (QED) is 0.709. The van der Waals surface area contributed by atoms with Gasteiger partial charge >= 0.3 is 0 Å². The summed E-state index contributed by atoms with van der Waals surface area (Å²) in [7, 11) is 0. The van der Waals surface area contributed by atoms with Crippen LogP contribution < -0.4 is 10.6 Å². The lowest BCUT2D eigenvalue weighted by Crippen LogP contribution is -2.47. The van der Waals surface area contributed by atoms with E-state index in [0.717, 1.165) is 51.6 Å². The number of benzene rings is 1. The summed E-state index contributed by atoms with van der Waals surface area (Å²) in [4.78, 5) is 24.0. The molecule has 31 heavy (non-hydrogen) atoms. The summed E-state index contributed by atoms with van der Waals surface area (Å²) < 4.78 is 0. The number of aromatic nitrogens is 1. The van der Waals surface area contributed by atoms with Crippen molar-refractivity contribution in [1.29, 1.82) is 0 Å². The maximum Gasteiger partial charge on any atom is 0.223 e. The van der Waals surface area contributed by atoms with Crippen molar-refractivity contribution in [3.63, 3.8) is 0 Å². The molecule has 0 bridgehead atoms. The molecule has 2 fully saturated rings. The zero-order chi connectivity index (χ0) is 20.1. The molecule has 0 aliphatic carbocycles. The summed E-state index contributed by atoms with van der Waals surface area (Å²) in [5, 5.41) is 0. The third-order valence-electron chi connectivity index (χ3n) is 6.31. The normalized spacial score (nSPS) is 21.3. The molecule has 3 heterocycles. The van der Waals surface area contributed by atoms with Gasteiger partial charge in [-0.3, -0.25) is 9.69 Å². The molecule has 1 amide bonds. The fourth-order valence-corrected chi connectivity index (χ4v) is 4.54. The first-order valence-corrected chi connectivity index (χ1v) is 10.7. The molecule has 2 N–H and O–H groups in total. The van der Waals surface area contributed by atoms with E-state index in [4.69, 9.17) is 5.73 Å². The number of carbonyl (C=O) groups is 1. The van der Waals surface area contributed by atoms with E-state index in [2.05, 4.69) is 45.1 Å². The number of likely N-dealkylation sites (tertiary alicyclic amines) is 1. The minimum atomic E-state index is 0. The van der Waals surface area contributed by atoms with Gasteiger partial charge in [-0.2, -0.15) is 0 Å². The largest absolute Gasteiger partial charge is 0.354 e. The Balaban J connectivity index is 0.00000171. The molecule has 170 valence electrons. The van der Waals surface area contributed by atoms with E-state index < -0.39 is 0 Å². The van der Waals surface area contributed by atoms with E-state index in [-0.39, 0.29) is 30.7 Å². The van der Waals surface area contributed by atoms with E-state index in [9.17, 15) is 4.79 Å². The lowest BCUT2D eigenvalue weighted by molar-refractivity contribution is -0.130. The van der Waals surface area contributed by atoms with Crippen LogP contribution in [0, 0.1) is 5.92 Å². The average Bonchev–Trinajstić information content (AvgIpc) is 3.24. The Morgan fingerprint density at radius 3 is 2.32 bits per heavy atom. The summed E-state index contributed by atoms with van der Waals surface area (Å²) in [6.07, 6.45) is 2.43. The van der Waals surface area contributed by atoms with E-state index in [1.54, 1.807) is 0 Å². The van der Waals surface area contributed by atoms with Gasteiger partial charge in [-0.15, -0.1) is 24.8 Å². The first kappa shape index (κ1) is 25.4. The molecule has 2 atom stereocenters. The second-order valence-electron chi connectivity index (χ2n) is 8.08. The van der Waals surface area contributed by atoms with Crippen molar-refractivity contribution in [2.24, 2.45) is 11.7 Å². The smallest absolute Gasteiger partial charge is 0.223 e. The lowest BCUT2D eigenvalue weighted by atomic mass is 9.89. The van der Waals surface area contributed by atoms with Gasteiger partial charge in [0.15, 0.2) is 0 Å². The molecule has 6 nitrogen and oxygen atoms in total. The number of nitrogens with zero attached hydrogens (tertiary/aromatic N) is 4. The first-order chi connectivity index (χ1) is 14.2. The molecule has 1 aromatic heterocycles. The molecular weight excluding hydrogens is 433 g/mol. The van der Waals surface area contributed by atoms with Crippen LogP contribution in [0.4, 0.5) is 5.82 Å². The standard InChI is InChI=1S/C23H31N5O.2ClH/c24-16-20-17-28(18-21(20)19-6-2-1-3-7-19)23(29)9-11-26-12-14-27(15-13-26)22-8-4-5-10-25-22;;/h1-8,10,20-21H,9,11-18,24H2;2*1H/t20-,21+;;/m1../s1. The SMILES string of the molecule is Cl.Cl.NC[C@@H]1CN(C(=O)CCN2CCN(c3ccccn3)CC2)C[C@H]1c1ccccc1. The molecule has 2 aliphatic heterocycles. The zero-order valence-electron chi connectivity index (χ0n) is 17.8. The van der Waals surface area contributed by atoms with Crippen molar-refractivity contribution in [3.05, 3.63) is 60.3 Å². The van der Waals surface area contributed by atoms with Gasteiger partial charge in [-0.25, -0.2) is 4.98 Å². The summed E-state index contributed by atoms with van der Waals surface area (Å²) >= 11 is 0. The maximum absolute atomic E-state index is 12.9. The molecule has 0 spiro atoms. The highest BCUT2D eigenvalue weighted by Gasteiger charge is 2.35. The van der Waals surface area contributed by atoms with Crippen LogP contribution in [0.5, 0.6) is 0 Å². The van der Waals surface area contributed by atoms with Gasteiger partial charge in [0.25, 0.3) is 0 Å². The Labute approximate surface area is 197 Å². The van der Waals surface area contributed by atoms with Gasteiger partial charge in [0.1, 0.15) is 5.82 Å². The van der Waals surface area contributed by atoms with Crippen LogP contribution in [0.3, 0.4) is 0 Å². The highest BCUT2D eigenvalue weighted by molar-refractivity contribution is 5.85. The summed E-state index contributed by atoms with van der Waals surface area (Å²) in [5.74, 6) is 2.00. The summed E-state index contributed by atoms with van der Waals surface area (Å²) in [5.41, 5.74) is 7.32. The molecule has 1 aromatic carbocycles. The minimum absolute atomic E-state index is 0. The molecule has 0 saturated carbocycles. The number of hydrogen-bond acceptors (Lipinski definition) is 5. The van der Waals surface area contributed by atoms with Gasteiger partial charge in [0, 0.05) is 64.3 Å². The predicted octanol–water partition coefficient (Wildman–Crippen LogP) is 2.64. The minimum Gasteiger partial charge on any atom is -0.354 e. The Morgan fingerprint density at radius 1 is 0.968 bits per heavy atom. The van der Waals surface area contributed by atoms with Crippen molar-refractivity contribution in [3.8, 4) is 0 Å². The average molecular weight is 466 g/mol. The highest BCUT2D eigenvalue weighted by Crippen LogP contribution is 2.32. The number of halogens is 2. The molecule has 0 unspecified atom stereocenters. The fourth-order valence-electron chi connectivity index (χ4n) is 4.54. The van der Waals surface area contributed by atoms with Gasteiger partial charge in [-0.1, -0.05) is 36.4 Å². The Hall–Kier alpha value is -1.86. The fraction of sp³-hybridized carbons (Fsp3) is 0.478. The number of piperazine rings is 1. The molecule has 4 rings (SSSR count). The van der Waals surface area contributed by atoms with Crippen LogP contribution in [0.1, 0.15) is 17.9 Å². The van der Waals surface area contributed by atoms with Crippen molar-refractivity contribution in [2.75, 3.05) is 57.3 Å². The van der Waals surface area contributed by atoms with Crippen LogP contribution >= 0.6 is 24.8 Å². The van der Waals surface area contributed by atoms with Crippen LogP contribution in [0.15, 0.2) is 54.7 Å². The lowest BCUT2D eigenvalue weighted by Gasteiger charge is -2.35. The Kier molecular flexibility index (Phi) is 10.0. The number of amides is 1. The second-order valence-corrected chi connectivity index (χ2v) is 8.08.